The summed E-state index contributed by atoms with van der Waals surface area (Å²) in [7, 11) is 1.39. The van der Waals surface area contributed by atoms with E-state index in [2.05, 4.69) is 30.6 Å². The lowest BCUT2D eigenvalue weighted by molar-refractivity contribution is -0.213. The first-order valence-corrected chi connectivity index (χ1v) is 13.6. The fraction of sp³-hybridized carbons (Fsp3) is 0.267. The molecule has 1 unspecified atom stereocenters. The fourth-order valence-electron chi connectivity index (χ4n) is 4.01. The molecule has 2 heterocycles. The molecule has 2 amide bonds. The number of fused-ring (bicyclic) bond motifs is 1. The summed E-state index contributed by atoms with van der Waals surface area (Å²) in [6.07, 6.45) is 1.17. The standard InChI is InChI=1S/C30H31ClN6O6/c1-30(2,3)43-29(41)32-13-12-22(17-8-6-5-7-9-17)34-25(38)18-10-11-21(31)23(15-18)35-26(39)20-14-19-16-33-28(42-4)37-24(19)36-27(20)40/h5-11,14-16,22H,12-13H2,1-4H3,(H,32,41)(H,34,38)(H,35,39)(H,33,36,37,40)/p-1. The number of pyridine rings is 1. The molecule has 1 atom stereocenters. The number of halogens is 1. The van der Waals surface area contributed by atoms with Crippen LogP contribution < -0.4 is 26.0 Å². The van der Waals surface area contributed by atoms with Crippen LogP contribution in [0, 0.1) is 0 Å². The molecule has 4 rings (SSSR count). The van der Waals surface area contributed by atoms with Crippen molar-refractivity contribution in [1.29, 1.82) is 0 Å². The summed E-state index contributed by atoms with van der Waals surface area (Å²) < 4.78 is 10.2. The Morgan fingerprint density at radius 1 is 1.14 bits per heavy atom. The Labute approximate surface area is 252 Å². The molecular formula is C30H30ClN6O6-. The summed E-state index contributed by atoms with van der Waals surface area (Å²) in [5, 5.41) is 19.1. The predicted molar refractivity (Wildman–Crippen MR) is 161 cm³/mol. The molecule has 0 fully saturated rings. The van der Waals surface area contributed by atoms with Crippen molar-refractivity contribution < 1.29 is 24.2 Å². The predicted octanol–water partition coefficient (Wildman–Crippen LogP) is 4.00. The van der Waals surface area contributed by atoms with Gasteiger partial charge in [0, 0.05) is 18.1 Å². The zero-order valence-corrected chi connectivity index (χ0v) is 24.7. The van der Waals surface area contributed by atoms with Crippen molar-refractivity contribution >= 4 is 46.2 Å². The quantitative estimate of drug-likeness (QED) is 0.190. The Morgan fingerprint density at radius 2 is 1.88 bits per heavy atom. The highest BCUT2D eigenvalue weighted by Crippen LogP contribution is 2.26. The number of hydrogen-bond donors (Lipinski definition) is 3. The number of ether oxygens (including phenoxy) is 2. The maximum atomic E-state index is 13.3. The molecular weight excluding hydrogens is 576 g/mol. The third kappa shape index (κ3) is 8.29. The van der Waals surface area contributed by atoms with Gasteiger partial charge >= 0.3 is 12.1 Å². The van der Waals surface area contributed by atoms with Crippen molar-refractivity contribution in [2.45, 2.75) is 38.8 Å². The number of aliphatic imine (C=N–C) groups is 1. The van der Waals surface area contributed by atoms with E-state index in [1.807, 2.05) is 30.3 Å². The third-order valence-corrected chi connectivity index (χ3v) is 6.33. The van der Waals surface area contributed by atoms with E-state index in [4.69, 9.17) is 21.1 Å². The van der Waals surface area contributed by atoms with Gasteiger partial charge < -0.3 is 30.2 Å². The van der Waals surface area contributed by atoms with Crippen LogP contribution in [0.3, 0.4) is 0 Å². The highest BCUT2D eigenvalue weighted by Gasteiger charge is 2.18. The number of aromatic amines is 1. The first-order valence-electron chi connectivity index (χ1n) is 13.3. The van der Waals surface area contributed by atoms with Gasteiger partial charge in [-0.3, -0.25) is 14.6 Å². The van der Waals surface area contributed by atoms with Crippen LogP contribution >= 0.6 is 11.6 Å². The Morgan fingerprint density at radius 3 is 2.58 bits per heavy atom. The Bertz CT molecular complexity index is 1720. The van der Waals surface area contributed by atoms with Gasteiger partial charge in [0.15, 0.2) is 0 Å². The summed E-state index contributed by atoms with van der Waals surface area (Å²) in [6.45, 7) is 5.51. The SMILES string of the molecule is COc1ncc2cc(C(=O)Nc3cc(C([O-])=NC(CCNC(=O)OC(C)(C)C)c4ccccc4)ccc3Cl)c(=O)[nH]c2n1. The average molecular weight is 606 g/mol. The number of amides is 2. The van der Waals surface area contributed by atoms with Crippen LogP contribution in [0.1, 0.15) is 54.7 Å². The molecule has 224 valence electrons. The number of alkyl carbamates (subject to hydrolysis) is 1. The summed E-state index contributed by atoms with van der Waals surface area (Å²) in [5.41, 5.74) is -0.281. The van der Waals surface area contributed by atoms with E-state index in [-0.39, 0.29) is 40.0 Å². The molecule has 4 aromatic rings. The van der Waals surface area contributed by atoms with Crippen molar-refractivity contribution in [3.8, 4) is 6.01 Å². The minimum atomic E-state index is -0.752. The molecule has 0 aliphatic carbocycles. The number of hydrogen-bond acceptors (Lipinski definition) is 9. The van der Waals surface area contributed by atoms with Crippen LogP contribution in [-0.4, -0.2) is 52.1 Å². The number of benzene rings is 2. The molecule has 0 aliphatic heterocycles. The van der Waals surface area contributed by atoms with E-state index in [1.165, 1.54) is 37.6 Å². The monoisotopic (exact) mass is 605 g/mol. The molecule has 2 aromatic carbocycles. The van der Waals surface area contributed by atoms with Crippen LogP contribution in [0.15, 0.2) is 70.6 Å². The second-order valence-corrected chi connectivity index (χ2v) is 10.8. The largest absolute Gasteiger partial charge is 0.858 e. The number of nitrogens with one attached hydrogen (secondary N) is 3. The maximum absolute atomic E-state index is 13.3. The second kappa shape index (κ2) is 13.3. The summed E-state index contributed by atoms with van der Waals surface area (Å²) >= 11 is 6.32. The molecule has 2 aromatic heterocycles. The van der Waals surface area contributed by atoms with E-state index in [0.29, 0.717) is 11.8 Å². The molecule has 3 N–H and O–H groups in total. The Hall–Kier alpha value is -4.97. The molecule has 0 saturated heterocycles. The van der Waals surface area contributed by atoms with Crippen molar-refractivity contribution in [2.24, 2.45) is 4.99 Å². The molecule has 0 bridgehead atoms. The van der Waals surface area contributed by atoms with E-state index in [9.17, 15) is 19.5 Å². The average Bonchev–Trinajstić information content (AvgIpc) is 2.96. The number of anilines is 1. The number of methoxy groups -OCH3 is 1. The lowest BCUT2D eigenvalue weighted by Crippen LogP contribution is -2.33. The molecule has 13 heteroatoms. The lowest BCUT2D eigenvalue weighted by atomic mass is 10.0. The van der Waals surface area contributed by atoms with E-state index < -0.39 is 35.1 Å². The smallest absolute Gasteiger partial charge is 0.407 e. The summed E-state index contributed by atoms with van der Waals surface area (Å²) in [4.78, 5) is 52.7. The first kappa shape index (κ1) is 31.0. The Balaban J connectivity index is 1.55. The number of carbonyl (C=O) groups excluding carboxylic acids is 2. The van der Waals surface area contributed by atoms with Gasteiger partial charge in [0.05, 0.1) is 23.9 Å². The minimum Gasteiger partial charge on any atom is -0.858 e. The van der Waals surface area contributed by atoms with Gasteiger partial charge in [0.1, 0.15) is 16.8 Å². The van der Waals surface area contributed by atoms with Gasteiger partial charge in [0.2, 0.25) is 0 Å². The van der Waals surface area contributed by atoms with Gasteiger partial charge in [-0.05, 0) is 62.4 Å². The van der Waals surface area contributed by atoms with E-state index >= 15 is 0 Å². The molecule has 43 heavy (non-hydrogen) atoms. The van der Waals surface area contributed by atoms with Crippen LogP contribution in [0.2, 0.25) is 5.02 Å². The number of rotatable bonds is 9. The highest BCUT2D eigenvalue weighted by molar-refractivity contribution is 6.34. The molecule has 0 saturated carbocycles. The highest BCUT2D eigenvalue weighted by atomic mass is 35.5. The first-order chi connectivity index (χ1) is 20.4. The van der Waals surface area contributed by atoms with Gasteiger partial charge in [-0.25, -0.2) is 9.78 Å². The summed E-state index contributed by atoms with van der Waals surface area (Å²) in [5.74, 6) is -1.31. The van der Waals surface area contributed by atoms with E-state index in [0.717, 1.165) is 5.56 Å². The number of aromatic nitrogens is 3. The van der Waals surface area contributed by atoms with Gasteiger partial charge in [0.25, 0.3) is 11.5 Å². The molecule has 0 spiro atoms. The molecule has 0 aliphatic rings. The van der Waals surface area contributed by atoms with Crippen molar-refractivity contribution in [3.05, 3.63) is 92.9 Å². The fourth-order valence-corrected chi connectivity index (χ4v) is 4.17. The van der Waals surface area contributed by atoms with Crippen molar-refractivity contribution in [3.63, 3.8) is 0 Å². The Kier molecular flexibility index (Phi) is 9.61. The van der Waals surface area contributed by atoms with E-state index in [1.54, 1.807) is 20.8 Å². The zero-order valence-electron chi connectivity index (χ0n) is 23.9. The second-order valence-electron chi connectivity index (χ2n) is 10.4. The number of carbonyl (C=O) groups is 2. The topological polar surface area (TPSA) is 171 Å². The van der Waals surface area contributed by atoms with Crippen LogP contribution in [0.25, 0.3) is 11.0 Å². The van der Waals surface area contributed by atoms with Crippen LogP contribution in [0.4, 0.5) is 10.5 Å². The minimum absolute atomic E-state index is 0.0628. The molecule has 12 nitrogen and oxygen atoms in total. The number of nitrogens with zero attached hydrogens (tertiary/aromatic N) is 3. The van der Waals surface area contributed by atoms with Crippen molar-refractivity contribution in [1.82, 2.24) is 20.3 Å². The lowest BCUT2D eigenvalue weighted by Gasteiger charge is -2.21. The van der Waals surface area contributed by atoms with Crippen molar-refractivity contribution in [2.75, 3.05) is 19.0 Å². The van der Waals surface area contributed by atoms with Gasteiger partial charge in [-0.1, -0.05) is 48.0 Å². The normalized spacial score (nSPS) is 12.4. The maximum Gasteiger partial charge on any atom is 0.407 e. The van der Waals surface area contributed by atoms with Gasteiger partial charge in [-0.15, -0.1) is 0 Å². The summed E-state index contributed by atoms with van der Waals surface area (Å²) in [6, 6.07) is 14.3. The zero-order chi connectivity index (χ0) is 31.1. The number of H-pyrrole nitrogens is 1. The van der Waals surface area contributed by atoms with Gasteiger partial charge in [-0.2, -0.15) is 4.98 Å². The van der Waals surface area contributed by atoms with Crippen LogP contribution in [0.5, 0.6) is 6.01 Å². The molecule has 0 radical (unpaired) electrons. The van der Waals surface area contributed by atoms with Crippen LogP contribution in [-0.2, 0) is 4.74 Å². The third-order valence-electron chi connectivity index (χ3n) is 6.00.